The molecule has 1 fully saturated rings. The number of carbonyl (C=O) groups excluding carboxylic acids is 1. The van der Waals surface area contributed by atoms with Crippen molar-refractivity contribution in [2.45, 2.75) is 18.4 Å². The first-order valence-electron chi connectivity index (χ1n) is 8.09. The number of piperazine rings is 1. The molecule has 1 saturated heterocycles. The molecule has 1 N–H and O–H groups in total. The Kier molecular flexibility index (Phi) is 5.41. The molecule has 0 aliphatic carbocycles. The standard InChI is InChI=1S/C17H21N3O3S2/c1-14-4-6-16(7-5-14)25(22,23)20-10-8-19(9-11-20)17(21)18-13-15-3-2-12-24-15/h2-7,12H,8-11,13H2,1H3,(H,18,21). The first-order valence-corrected chi connectivity index (χ1v) is 10.4. The molecule has 2 aromatic rings. The van der Waals surface area contributed by atoms with Crippen LogP contribution in [0.15, 0.2) is 46.7 Å². The number of benzene rings is 1. The Morgan fingerprint density at radius 2 is 1.80 bits per heavy atom. The number of rotatable bonds is 4. The summed E-state index contributed by atoms with van der Waals surface area (Å²) in [6.07, 6.45) is 0. The van der Waals surface area contributed by atoms with Crippen molar-refractivity contribution in [2.75, 3.05) is 26.2 Å². The van der Waals surface area contributed by atoms with Gasteiger partial charge in [0.25, 0.3) is 0 Å². The van der Waals surface area contributed by atoms with Crippen LogP contribution < -0.4 is 5.32 Å². The van der Waals surface area contributed by atoms with Crippen molar-refractivity contribution in [1.82, 2.24) is 14.5 Å². The van der Waals surface area contributed by atoms with E-state index in [1.165, 1.54) is 4.31 Å². The topological polar surface area (TPSA) is 69.7 Å². The lowest BCUT2D eigenvalue weighted by Crippen LogP contribution is -2.52. The van der Waals surface area contributed by atoms with Gasteiger partial charge >= 0.3 is 6.03 Å². The molecule has 6 nitrogen and oxygen atoms in total. The number of amides is 2. The molecule has 0 unspecified atom stereocenters. The summed E-state index contributed by atoms with van der Waals surface area (Å²) >= 11 is 1.59. The van der Waals surface area contributed by atoms with Crippen LogP contribution >= 0.6 is 11.3 Å². The van der Waals surface area contributed by atoms with Gasteiger partial charge in [-0.15, -0.1) is 11.3 Å². The van der Waals surface area contributed by atoms with E-state index in [2.05, 4.69) is 5.32 Å². The van der Waals surface area contributed by atoms with E-state index < -0.39 is 10.0 Å². The number of urea groups is 1. The number of nitrogens with zero attached hydrogens (tertiary/aromatic N) is 2. The van der Waals surface area contributed by atoms with Gasteiger partial charge in [0.2, 0.25) is 10.0 Å². The molecule has 0 spiro atoms. The summed E-state index contributed by atoms with van der Waals surface area (Å²) in [5.74, 6) is 0. The fraction of sp³-hybridized carbons (Fsp3) is 0.353. The molecule has 134 valence electrons. The number of carbonyl (C=O) groups is 1. The molecule has 3 rings (SSSR count). The van der Waals surface area contributed by atoms with E-state index in [1.807, 2.05) is 24.4 Å². The molecule has 2 heterocycles. The smallest absolute Gasteiger partial charge is 0.317 e. The lowest BCUT2D eigenvalue weighted by molar-refractivity contribution is 0.172. The summed E-state index contributed by atoms with van der Waals surface area (Å²) in [6.45, 7) is 3.82. The van der Waals surface area contributed by atoms with Gasteiger partial charge in [-0.05, 0) is 30.5 Å². The zero-order valence-corrected chi connectivity index (χ0v) is 15.6. The minimum atomic E-state index is -3.50. The fourth-order valence-electron chi connectivity index (χ4n) is 2.68. The second kappa shape index (κ2) is 7.55. The Morgan fingerprint density at radius 3 is 2.40 bits per heavy atom. The van der Waals surface area contributed by atoms with E-state index in [-0.39, 0.29) is 6.03 Å². The lowest BCUT2D eigenvalue weighted by Gasteiger charge is -2.34. The molecule has 0 saturated carbocycles. The fourth-order valence-corrected chi connectivity index (χ4v) is 4.75. The first kappa shape index (κ1) is 17.9. The van der Waals surface area contributed by atoms with E-state index in [4.69, 9.17) is 0 Å². The van der Waals surface area contributed by atoms with E-state index in [0.29, 0.717) is 37.6 Å². The lowest BCUT2D eigenvalue weighted by atomic mass is 10.2. The number of aryl methyl sites for hydroxylation is 1. The molecule has 0 radical (unpaired) electrons. The van der Waals surface area contributed by atoms with Crippen LogP contribution in [0.3, 0.4) is 0 Å². The Bertz CT molecular complexity index is 809. The van der Waals surface area contributed by atoms with Crippen LogP contribution in [0.2, 0.25) is 0 Å². The van der Waals surface area contributed by atoms with E-state index in [1.54, 1.807) is 40.5 Å². The van der Waals surface area contributed by atoms with Gasteiger partial charge in [0.15, 0.2) is 0 Å². The van der Waals surface area contributed by atoms with Gasteiger partial charge in [-0.25, -0.2) is 13.2 Å². The highest BCUT2D eigenvalue weighted by atomic mass is 32.2. The van der Waals surface area contributed by atoms with Gasteiger partial charge in [-0.1, -0.05) is 23.8 Å². The zero-order chi connectivity index (χ0) is 17.9. The summed E-state index contributed by atoms with van der Waals surface area (Å²) < 4.78 is 26.8. The van der Waals surface area contributed by atoms with Crippen molar-refractivity contribution in [2.24, 2.45) is 0 Å². The summed E-state index contributed by atoms with van der Waals surface area (Å²) in [5, 5.41) is 4.84. The SMILES string of the molecule is Cc1ccc(S(=O)(=O)N2CCN(C(=O)NCc3cccs3)CC2)cc1. The molecule has 1 aromatic carbocycles. The molecule has 8 heteroatoms. The van der Waals surface area contributed by atoms with Crippen LogP contribution in [0.25, 0.3) is 0 Å². The van der Waals surface area contributed by atoms with Crippen molar-refractivity contribution < 1.29 is 13.2 Å². The monoisotopic (exact) mass is 379 g/mol. The summed E-state index contributed by atoms with van der Waals surface area (Å²) in [5.41, 5.74) is 1.02. The number of nitrogens with one attached hydrogen (secondary N) is 1. The van der Waals surface area contributed by atoms with Gasteiger partial charge in [0.1, 0.15) is 0 Å². The molecule has 1 aliphatic rings. The number of thiophene rings is 1. The van der Waals surface area contributed by atoms with Crippen LogP contribution in [-0.2, 0) is 16.6 Å². The summed E-state index contributed by atoms with van der Waals surface area (Å²) in [7, 11) is -3.50. The minimum Gasteiger partial charge on any atom is -0.333 e. The van der Waals surface area contributed by atoms with Gasteiger partial charge < -0.3 is 10.2 Å². The summed E-state index contributed by atoms with van der Waals surface area (Å²) in [4.78, 5) is 15.3. The molecule has 1 aliphatic heterocycles. The maximum Gasteiger partial charge on any atom is 0.317 e. The van der Waals surface area contributed by atoms with Gasteiger partial charge in [0.05, 0.1) is 11.4 Å². The predicted molar refractivity (Wildman–Crippen MR) is 98.1 cm³/mol. The zero-order valence-electron chi connectivity index (χ0n) is 14.0. The Morgan fingerprint density at radius 1 is 1.12 bits per heavy atom. The third-order valence-electron chi connectivity index (χ3n) is 4.18. The van der Waals surface area contributed by atoms with Crippen LogP contribution in [0.5, 0.6) is 0 Å². The molecule has 0 bridgehead atoms. The largest absolute Gasteiger partial charge is 0.333 e. The van der Waals surface area contributed by atoms with E-state index >= 15 is 0 Å². The predicted octanol–water partition coefficient (Wildman–Crippen LogP) is 2.27. The molecule has 2 amide bonds. The van der Waals surface area contributed by atoms with Crippen LogP contribution in [0.4, 0.5) is 4.79 Å². The quantitative estimate of drug-likeness (QED) is 0.886. The van der Waals surface area contributed by atoms with Crippen molar-refractivity contribution in [3.63, 3.8) is 0 Å². The van der Waals surface area contributed by atoms with Crippen LogP contribution in [0.1, 0.15) is 10.4 Å². The van der Waals surface area contributed by atoms with E-state index in [9.17, 15) is 13.2 Å². The first-order chi connectivity index (χ1) is 12.0. The maximum atomic E-state index is 12.7. The molecule has 0 atom stereocenters. The minimum absolute atomic E-state index is 0.152. The molecular formula is C17H21N3O3S2. The Balaban J connectivity index is 1.55. The molecule has 25 heavy (non-hydrogen) atoms. The van der Waals surface area contributed by atoms with Crippen LogP contribution in [-0.4, -0.2) is 49.8 Å². The van der Waals surface area contributed by atoms with Crippen molar-refractivity contribution >= 4 is 27.4 Å². The Labute approximate surface area is 152 Å². The average molecular weight is 380 g/mol. The molecular weight excluding hydrogens is 358 g/mol. The average Bonchev–Trinajstić information content (AvgIpc) is 3.14. The maximum absolute atomic E-state index is 12.7. The van der Waals surface area contributed by atoms with Gasteiger partial charge in [0, 0.05) is 31.1 Å². The molecule has 1 aromatic heterocycles. The second-order valence-electron chi connectivity index (χ2n) is 5.94. The highest BCUT2D eigenvalue weighted by Crippen LogP contribution is 2.18. The number of hydrogen-bond acceptors (Lipinski definition) is 4. The van der Waals surface area contributed by atoms with Gasteiger partial charge in [-0.3, -0.25) is 0 Å². The number of hydrogen-bond donors (Lipinski definition) is 1. The third-order valence-corrected chi connectivity index (χ3v) is 6.97. The summed E-state index contributed by atoms with van der Waals surface area (Å²) in [6, 6.07) is 10.6. The highest BCUT2D eigenvalue weighted by Gasteiger charge is 2.29. The van der Waals surface area contributed by atoms with Gasteiger partial charge in [-0.2, -0.15) is 4.31 Å². The van der Waals surface area contributed by atoms with Crippen molar-refractivity contribution in [1.29, 1.82) is 0 Å². The van der Waals surface area contributed by atoms with E-state index in [0.717, 1.165) is 10.4 Å². The normalized spacial score (nSPS) is 16.0. The van der Waals surface area contributed by atoms with Crippen molar-refractivity contribution in [3.05, 3.63) is 52.2 Å². The second-order valence-corrected chi connectivity index (χ2v) is 8.91. The van der Waals surface area contributed by atoms with Crippen LogP contribution in [0, 0.1) is 6.92 Å². The Hall–Kier alpha value is -1.90. The third kappa shape index (κ3) is 4.20. The van der Waals surface area contributed by atoms with Crippen molar-refractivity contribution in [3.8, 4) is 0 Å². The highest BCUT2D eigenvalue weighted by molar-refractivity contribution is 7.89. The number of sulfonamides is 1.